The third-order valence-corrected chi connectivity index (χ3v) is 3.87. The lowest BCUT2D eigenvalue weighted by Gasteiger charge is -2.12. The molecule has 0 N–H and O–H groups in total. The number of ether oxygens (including phenoxy) is 1. The van der Waals surface area contributed by atoms with Crippen molar-refractivity contribution in [3.05, 3.63) is 35.7 Å². The van der Waals surface area contributed by atoms with Crippen LogP contribution in [0, 0.1) is 0 Å². The minimum Gasteiger partial charge on any atom is -0.493 e. The predicted octanol–water partition coefficient (Wildman–Crippen LogP) is 4.65. The average molecular weight is 310 g/mol. The maximum absolute atomic E-state index is 12.9. The van der Waals surface area contributed by atoms with Gasteiger partial charge in [0.15, 0.2) is 5.69 Å². The third-order valence-electron chi connectivity index (χ3n) is 3.87. The smallest absolute Gasteiger partial charge is 0.434 e. The number of rotatable bonds is 2. The molecule has 0 amide bonds. The van der Waals surface area contributed by atoms with Crippen molar-refractivity contribution >= 4 is 0 Å². The Balaban J connectivity index is 2.10. The van der Waals surface area contributed by atoms with Crippen LogP contribution in [0.5, 0.6) is 5.75 Å². The summed E-state index contributed by atoms with van der Waals surface area (Å²) in [5.74, 6) is 1.35. The highest BCUT2D eigenvalue weighted by Crippen LogP contribution is 2.38. The Hall–Kier alpha value is -1.98. The Kier molecular flexibility index (Phi) is 3.42. The zero-order chi connectivity index (χ0) is 16.1. The van der Waals surface area contributed by atoms with Crippen LogP contribution in [0.4, 0.5) is 13.2 Å². The van der Waals surface area contributed by atoms with Crippen LogP contribution in [0.3, 0.4) is 0 Å². The number of alkyl halides is 3. The summed E-state index contributed by atoms with van der Waals surface area (Å²) in [5, 5.41) is 0. The summed E-state index contributed by atoms with van der Waals surface area (Å²) in [6, 6.07) is 5.38. The highest BCUT2D eigenvalue weighted by molar-refractivity contribution is 5.61. The van der Waals surface area contributed by atoms with Crippen molar-refractivity contribution in [2.75, 3.05) is 6.61 Å². The quantitative estimate of drug-likeness (QED) is 0.807. The first-order valence-corrected chi connectivity index (χ1v) is 7.20. The van der Waals surface area contributed by atoms with E-state index < -0.39 is 11.9 Å². The van der Waals surface area contributed by atoms with E-state index in [4.69, 9.17) is 4.74 Å². The minimum absolute atomic E-state index is 0.119. The molecule has 118 valence electrons. The van der Waals surface area contributed by atoms with E-state index in [1.807, 2.05) is 26.0 Å². The molecule has 1 atom stereocenters. The molecule has 2 heterocycles. The van der Waals surface area contributed by atoms with Gasteiger partial charge in [0.25, 0.3) is 0 Å². The number of nitrogens with zero attached hydrogens (tertiary/aromatic N) is 2. The van der Waals surface area contributed by atoms with E-state index in [1.165, 1.54) is 0 Å². The molecule has 0 radical (unpaired) electrons. The van der Waals surface area contributed by atoms with Crippen molar-refractivity contribution in [1.82, 2.24) is 9.55 Å². The van der Waals surface area contributed by atoms with Crippen molar-refractivity contribution in [3.8, 4) is 17.1 Å². The Bertz CT molecular complexity index is 704. The van der Waals surface area contributed by atoms with Gasteiger partial charge in [-0.05, 0) is 19.9 Å². The Morgan fingerprint density at radius 3 is 2.68 bits per heavy atom. The van der Waals surface area contributed by atoms with E-state index in [1.54, 1.807) is 10.6 Å². The first kappa shape index (κ1) is 14.9. The normalized spacial score (nSPS) is 17.7. The van der Waals surface area contributed by atoms with E-state index >= 15 is 0 Å². The molecule has 3 nitrogen and oxygen atoms in total. The number of halogens is 3. The topological polar surface area (TPSA) is 27.1 Å². The van der Waals surface area contributed by atoms with Gasteiger partial charge in [-0.15, -0.1) is 0 Å². The van der Waals surface area contributed by atoms with Crippen molar-refractivity contribution < 1.29 is 17.9 Å². The molecular formula is C16H17F3N2O. The minimum atomic E-state index is -4.45. The van der Waals surface area contributed by atoms with Crippen molar-refractivity contribution in [2.45, 2.75) is 38.9 Å². The van der Waals surface area contributed by atoms with Gasteiger partial charge in [-0.2, -0.15) is 13.2 Å². The SMILES string of the molecule is CC1COc2cc(-c3nc(C(F)(F)F)cn3C(C)C)ccc21. The number of imidazole rings is 1. The van der Waals surface area contributed by atoms with E-state index in [-0.39, 0.29) is 6.04 Å². The van der Waals surface area contributed by atoms with Crippen LogP contribution in [-0.2, 0) is 6.18 Å². The summed E-state index contributed by atoms with van der Waals surface area (Å²) in [5.41, 5.74) is 0.852. The van der Waals surface area contributed by atoms with Crippen molar-refractivity contribution in [2.24, 2.45) is 0 Å². The van der Waals surface area contributed by atoms with Gasteiger partial charge in [0.2, 0.25) is 0 Å². The molecule has 3 rings (SSSR count). The van der Waals surface area contributed by atoms with Gasteiger partial charge in [0.1, 0.15) is 11.6 Å². The molecule has 0 fully saturated rings. The van der Waals surface area contributed by atoms with Gasteiger partial charge in [-0.3, -0.25) is 0 Å². The zero-order valence-electron chi connectivity index (χ0n) is 12.6. The summed E-state index contributed by atoms with van der Waals surface area (Å²) in [6.07, 6.45) is -3.38. The van der Waals surface area contributed by atoms with E-state index in [0.29, 0.717) is 23.9 Å². The van der Waals surface area contributed by atoms with Gasteiger partial charge >= 0.3 is 6.18 Å². The second-order valence-electron chi connectivity index (χ2n) is 5.91. The molecule has 0 bridgehead atoms. The lowest BCUT2D eigenvalue weighted by atomic mass is 10.0. The highest BCUT2D eigenvalue weighted by Gasteiger charge is 2.35. The van der Waals surface area contributed by atoms with Gasteiger partial charge in [0.05, 0.1) is 6.61 Å². The molecule has 0 saturated carbocycles. The van der Waals surface area contributed by atoms with Crippen LogP contribution in [0.2, 0.25) is 0 Å². The Morgan fingerprint density at radius 1 is 1.32 bits per heavy atom. The zero-order valence-corrected chi connectivity index (χ0v) is 12.6. The monoisotopic (exact) mass is 310 g/mol. The van der Waals surface area contributed by atoms with E-state index in [0.717, 1.165) is 17.5 Å². The van der Waals surface area contributed by atoms with Crippen molar-refractivity contribution in [1.29, 1.82) is 0 Å². The van der Waals surface area contributed by atoms with Gasteiger partial charge in [-0.25, -0.2) is 4.98 Å². The summed E-state index contributed by atoms with van der Waals surface area (Å²) in [7, 11) is 0. The molecular weight excluding hydrogens is 293 g/mol. The van der Waals surface area contributed by atoms with Gasteiger partial charge in [-0.1, -0.05) is 19.1 Å². The molecule has 6 heteroatoms. The largest absolute Gasteiger partial charge is 0.493 e. The summed E-state index contributed by atoms with van der Waals surface area (Å²) < 4.78 is 45.9. The molecule has 0 spiro atoms. The van der Waals surface area contributed by atoms with Crippen LogP contribution in [0.15, 0.2) is 24.4 Å². The first-order valence-electron chi connectivity index (χ1n) is 7.20. The highest BCUT2D eigenvalue weighted by atomic mass is 19.4. The van der Waals surface area contributed by atoms with Crippen molar-refractivity contribution in [3.63, 3.8) is 0 Å². The third kappa shape index (κ3) is 2.46. The molecule has 1 aromatic heterocycles. The fourth-order valence-corrected chi connectivity index (χ4v) is 2.65. The number of hydrogen-bond acceptors (Lipinski definition) is 2. The molecule has 1 aliphatic heterocycles. The van der Waals surface area contributed by atoms with Crippen LogP contribution < -0.4 is 4.74 Å². The molecule has 2 aromatic rings. The maximum Gasteiger partial charge on any atom is 0.434 e. The number of hydrogen-bond donors (Lipinski definition) is 0. The van der Waals surface area contributed by atoms with E-state index in [2.05, 4.69) is 11.9 Å². The van der Waals surface area contributed by atoms with Gasteiger partial charge < -0.3 is 9.30 Å². The molecule has 0 saturated heterocycles. The second kappa shape index (κ2) is 5.04. The Labute approximate surface area is 126 Å². The fraction of sp³-hybridized carbons (Fsp3) is 0.438. The predicted molar refractivity (Wildman–Crippen MR) is 77.0 cm³/mol. The number of benzene rings is 1. The number of aromatic nitrogens is 2. The number of fused-ring (bicyclic) bond motifs is 1. The lowest BCUT2D eigenvalue weighted by Crippen LogP contribution is -2.05. The summed E-state index contributed by atoms with van der Waals surface area (Å²) in [6.45, 7) is 6.32. The molecule has 1 aliphatic rings. The molecule has 0 aliphatic carbocycles. The summed E-state index contributed by atoms with van der Waals surface area (Å²) in [4.78, 5) is 3.80. The fourth-order valence-electron chi connectivity index (χ4n) is 2.65. The molecule has 22 heavy (non-hydrogen) atoms. The van der Waals surface area contributed by atoms with Crippen LogP contribution in [0.25, 0.3) is 11.4 Å². The first-order chi connectivity index (χ1) is 10.3. The molecule has 1 unspecified atom stereocenters. The van der Waals surface area contributed by atoms with Crippen LogP contribution in [0.1, 0.15) is 44.0 Å². The van der Waals surface area contributed by atoms with Crippen LogP contribution >= 0.6 is 0 Å². The summed E-state index contributed by atoms with van der Waals surface area (Å²) >= 11 is 0. The second-order valence-corrected chi connectivity index (χ2v) is 5.91. The van der Waals surface area contributed by atoms with Gasteiger partial charge in [0, 0.05) is 29.3 Å². The maximum atomic E-state index is 12.9. The average Bonchev–Trinajstić information content (AvgIpc) is 3.02. The van der Waals surface area contributed by atoms with E-state index in [9.17, 15) is 13.2 Å². The lowest BCUT2D eigenvalue weighted by molar-refractivity contribution is -0.140. The standard InChI is InChI=1S/C16H17F3N2O/c1-9(2)21-7-14(16(17,18)19)20-15(21)11-4-5-12-10(3)8-22-13(12)6-11/h4-7,9-10H,8H2,1-3H3. The molecule has 1 aromatic carbocycles. The Morgan fingerprint density at radius 2 is 2.05 bits per heavy atom. The van der Waals surface area contributed by atoms with Crippen LogP contribution in [-0.4, -0.2) is 16.2 Å².